The Labute approximate surface area is 115 Å². The van der Waals surface area contributed by atoms with Gasteiger partial charge in [-0.3, -0.25) is 9.69 Å². The van der Waals surface area contributed by atoms with Gasteiger partial charge in [-0.05, 0) is 23.8 Å². The third-order valence-electron chi connectivity index (χ3n) is 3.61. The molecule has 0 aliphatic carbocycles. The number of carboxylic acids is 1. The molecule has 2 aromatic rings. The van der Waals surface area contributed by atoms with Gasteiger partial charge in [0.25, 0.3) is 0 Å². The van der Waals surface area contributed by atoms with Gasteiger partial charge in [0.05, 0.1) is 0 Å². The number of carboxylic acid groups (broad SMARTS) is 1. The molecule has 0 unspecified atom stereocenters. The number of carbonyl (C=O) groups excluding carboxylic acids is 1. The molecule has 104 valence electrons. The summed E-state index contributed by atoms with van der Waals surface area (Å²) in [6.07, 6.45) is 1.24. The zero-order valence-corrected chi connectivity index (χ0v) is 11.0. The van der Waals surface area contributed by atoms with Gasteiger partial charge in [0, 0.05) is 37.9 Å². The van der Waals surface area contributed by atoms with Crippen molar-refractivity contribution in [1.29, 1.82) is 0 Å². The van der Waals surface area contributed by atoms with Crippen LogP contribution in [0.25, 0.3) is 11.0 Å². The molecule has 1 aromatic heterocycles. The Morgan fingerprint density at radius 2 is 2.00 bits per heavy atom. The van der Waals surface area contributed by atoms with Gasteiger partial charge in [-0.2, -0.15) is 0 Å². The summed E-state index contributed by atoms with van der Waals surface area (Å²) in [5, 5.41) is 9.71. The molecule has 0 atom stereocenters. The van der Waals surface area contributed by atoms with Crippen molar-refractivity contribution < 1.29 is 19.1 Å². The summed E-state index contributed by atoms with van der Waals surface area (Å²) in [4.78, 5) is 24.3. The third-order valence-corrected chi connectivity index (χ3v) is 3.61. The average Bonchev–Trinajstić information content (AvgIpc) is 2.85. The van der Waals surface area contributed by atoms with E-state index in [9.17, 15) is 9.59 Å². The number of hydrogen-bond acceptors (Lipinski definition) is 4. The van der Waals surface area contributed by atoms with Crippen LogP contribution >= 0.6 is 0 Å². The number of nitrogens with zero attached hydrogens (tertiary/aromatic N) is 1. The molecule has 1 fully saturated rings. The van der Waals surface area contributed by atoms with Crippen LogP contribution in [0, 0.1) is 0 Å². The van der Waals surface area contributed by atoms with Crippen molar-refractivity contribution in [2.75, 3.05) is 13.1 Å². The Bertz CT molecular complexity index is 664. The van der Waals surface area contributed by atoms with Crippen LogP contribution in [0.15, 0.2) is 28.7 Å². The lowest BCUT2D eigenvalue weighted by Crippen LogP contribution is -2.33. The molecule has 0 spiro atoms. The lowest BCUT2D eigenvalue weighted by molar-refractivity contribution is -0.121. The Morgan fingerprint density at radius 1 is 1.25 bits per heavy atom. The van der Waals surface area contributed by atoms with E-state index in [2.05, 4.69) is 4.90 Å². The normalized spacial score (nSPS) is 16.7. The summed E-state index contributed by atoms with van der Waals surface area (Å²) in [6, 6.07) is 7.22. The molecular formula is C15H15NO4. The molecule has 0 bridgehead atoms. The van der Waals surface area contributed by atoms with E-state index < -0.39 is 5.97 Å². The highest BCUT2D eigenvalue weighted by molar-refractivity contribution is 5.91. The first-order valence-electron chi connectivity index (χ1n) is 6.61. The van der Waals surface area contributed by atoms with E-state index in [0.29, 0.717) is 24.2 Å². The Morgan fingerprint density at radius 3 is 2.70 bits per heavy atom. The van der Waals surface area contributed by atoms with Crippen LogP contribution in [0.3, 0.4) is 0 Å². The molecule has 20 heavy (non-hydrogen) atoms. The summed E-state index contributed by atoms with van der Waals surface area (Å²) in [5.74, 6) is -0.768. The summed E-state index contributed by atoms with van der Waals surface area (Å²) < 4.78 is 5.23. The van der Waals surface area contributed by atoms with Crippen molar-refractivity contribution in [2.24, 2.45) is 0 Å². The molecule has 1 aliphatic heterocycles. The minimum absolute atomic E-state index is 0.0410. The lowest BCUT2D eigenvalue weighted by atomic mass is 10.1. The number of hydrogen-bond donors (Lipinski definition) is 1. The topological polar surface area (TPSA) is 70.8 Å². The predicted molar refractivity (Wildman–Crippen MR) is 72.7 cm³/mol. The van der Waals surface area contributed by atoms with Crippen LogP contribution in [0.5, 0.6) is 0 Å². The molecular weight excluding hydrogens is 258 g/mol. The first-order chi connectivity index (χ1) is 9.61. The number of piperidine rings is 1. The van der Waals surface area contributed by atoms with Crippen LogP contribution in [0.1, 0.15) is 29.0 Å². The van der Waals surface area contributed by atoms with Crippen LogP contribution < -0.4 is 0 Å². The number of Topliss-reactive ketones (excluding diaryl/α,β-unsaturated/α-hetero) is 1. The fourth-order valence-electron chi connectivity index (χ4n) is 2.52. The van der Waals surface area contributed by atoms with Crippen LogP contribution in [0.2, 0.25) is 0 Å². The number of benzene rings is 1. The molecule has 0 radical (unpaired) electrons. The smallest absolute Gasteiger partial charge is 0.371 e. The average molecular weight is 273 g/mol. The second-order valence-electron chi connectivity index (χ2n) is 5.10. The maximum Gasteiger partial charge on any atom is 0.371 e. The van der Waals surface area contributed by atoms with Crippen LogP contribution in [-0.4, -0.2) is 34.8 Å². The summed E-state index contributed by atoms with van der Waals surface area (Å²) in [6.45, 7) is 2.36. The second-order valence-corrected chi connectivity index (χ2v) is 5.10. The van der Waals surface area contributed by atoms with Gasteiger partial charge in [0.15, 0.2) is 0 Å². The van der Waals surface area contributed by atoms with Gasteiger partial charge < -0.3 is 9.52 Å². The molecule has 3 rings (SSSR count). The van der Waals surface area contributed by atoms with Crippen molar-refractivity contribution in [2.45, 2.75) is 19.4 Å². The number of furan rings is 1. The zero-order valence-electron chi connectivity index (χ0n) is 11.0. The number of fused-ring (bicyclic) bond motifs is 1. The standard InChI is InChI=1S/C15H15NO4/c17-12-3-5-16(6-4-12)9-10-1-2-13-11(7-10)8-14(20-13)15(18)19/h1-2,7-8H,3-6,9H2,(H,18,19). The number of likely N-dealkylation sites (tertiary alicyclic amines) is 1. The van der Waals surface area contributed by atoms with E-state index in [1.54, 1.807) is 12.1 Å². The quantitative estimate of drug-likeness (QED) is 0.929. The van der Waals surface area contributed by atoms with Crippen molar-refractivity contribution in [3.05, 3.63) is 35.6 Å². The van der Waals surface area contributed by atoms with Gasteiger partial charge >= 0.3 is 5.97 Å². The molecule has 1 aliphatic rings. The van der Waals surface area contributed by atoms with E-state index in [1.807, 2.05) is 12.1 Å². The molecule has 5 nitrogen and oxygen atoms in total. The van der Waals surface area contributed by atoms with Gasteiger partial charge in [-0.25, -0.2) is 4.79 Å². The monoisotopic (exact) mass is 273 g/mol. The summed E-state index contributed by atoms with van der Waals surface area (Å²) >= 11 is 0. The third kappa shape index (κ3) is 2.58. The number of rotatable bonds is 3. The molecule has 1 saturated heterocycles. The highest BCUT2D eigenvalue weighted by Gasteiger charge is 2.16. The predicted octanol–water partition coefficient (Wildman–Crippen LogP) is 2.30. The maximum absolute atomic E-state index is 11.2. The molecule has 1 N–H and O–H groups in total. The molecule has 5 heteroatoms. The van der Waals surface area contributed by atoms with E-state index >= 15 is 0 Å². The second kappa shape index (κ2) is 5.09. The van der Waals surface area contributed by atoms with E-state index in [-0.39, 0.29) is 5.76 Å². The molecule has 0 amide bonds. The van der Waals surface area contributed by atoms with Crippen molar-refractivity contribution in [1.82, 2.24) is 4.90 Å². The number of aromatic carboxylic acids is 1. The SMILES string of the molecule is O=C1CCN(Cc2ccc3oc(C(=O)O)cc3c2)CC1. The van der Waals surface area contributed by atoms with Gasteiger partial charge in [0.1, 0.15) is 11.4 Å². The number of ketones is 1. The Balaban J connectivity index is 1.78. The van der Waals surface area contributed by atoms with Crippen LogP contribution in [0.4, 0.5) is 0 Å². The van der Waals surface area contributed by atoms with E-state index in [1.165, 1.54) is 0 Å². The van der Waals surface area contributed by atoms with Crippen molar-refractivity contribution in [3.8, 4) is 0 Å². The van der Waals surface area contributed by atoms with E-state index in [0.717, 1.165) is 30.6 Å². The molecule has 1 aromatic carbocycles. The van der Waals surface area contributed by atoms with Gasteiger partial charge in [-0.15, -0.1) is 0 Å². The van der Waals surface area contributed by atoms with Crippen molar-refractivity contribution in [3.63, 3.8) is 0 Å². The Kier molecular flexibility index (Phi) is 3.28. The lowest BCUT2D eigenvalue weighted by Gasteiger charge is -2.25. The number of carbonyl (C=O) groups is 2. The highest BCUT2D eigenvalue weighted by atomic mass is 16.4. The first kappa shape index (κ1) is 12.9. The molecule has 0 saturated carbocycles. The van der Waals surface area contributed by atoms with Crippen LogP contribution in [-0.2, 0) is 11.3 Å². The highest BCUT2D eigenvalue weighted by Crippen LogP contribution is 2.22. The summed E-state index contributed by atoms with van der Waals surface area (Å²) in [5.41, 5.74) is 1.68. The maximum atomic E-state index is 11.2. The fourth-order valence-corrected chi connectivity index (χ4v) is 2.52. The fraction of sp³-hybridized carbons (Fsp3) is 0.333. The molecule has 2 heterocycles. The Hall–Kier alpha value is -2.14. The largest absolute Gasteiger partial charge is 0.475 e. The first-order valence-corrected chi connectivity index (χ1v) is 6.61. The minimum atomic E-state index is -1.06. The van der Waals surface area contributed by atoms with E-state index in [4.69, 9.17) is 9.52 Å². The minimum Gasteiger partial charge on any atom is -0.475 e. The summed E-state index contributed by atoms with van der Waals surface area (Å²) in [7, 11) is 0. The zero-order chi connectivity index (χ0) is 14.1. The van der Waals surface area contributed by atoms with Gasteiger partial charge in [-0.1, -0.05) is 6.07 Å². The van der Waals surface area contributed by atoms with Crippen molar-refractivity contribution >= 4 is 22.7 Å². The van der Waals surface area contributed by atoms with Gasteiger partial charge in [0.2, 0.25) is 5.76 Å².